The zero-order valence-corrected chi connectivity index (χ0v) is 19.4. The minimum absolute atomic E-state index is 0.159. The number of benzene rings is 2. The quantitative estimate of drug-likeness (QED) is 0.400. The third kappa shape index (κ3) is 5.57. The Bertz CT molecular complexity index is 1060. The second-order valence-corrected chi connectivity index (χ2v) is 8.31. The summed E-state index contributed by atoms with van der Waals surface area (Å²) in [5.41, 5.74) is 4.34. The standard InChI is InChI=1S/C24H25AsN4O/c1-2-3-12-27-15-17-13-20(14-26)23(28-16-17)18-8-10-19(11-9-18)24(30)29-22-7-5-4-6-21(22)25/h4-11,13,16,27H,2-3,12,15,25H2,1H3,(H,29,30). The molecule has 2 aromatic carbocycles. The van der Waals surface area contributed by atoms with Gasteiger partial charge in [0.05, 0.1) is 0 Å². The van der Waals surface area contributed by atoms with Crippen molar-refractivity contribution in [3.63, 3.8) is 0 Å². The van der Waals surface area contributed by atoms with E-state index in [0.29, 0.717) is 23.4 Å². The van der Waals surface area contributed by atoms with Gasteiger partial charge in [-0.05, 0) is 13.0 Å². The first-order valence-corrected chi connectivity index (χ1v) is 11.2. The van der Waals surface area contributed by atoms with E-state index in [-0.39, 0.29) is 5.91 Å². The number of hydrogen-bond acceptors (Lipinski definition) is 4. The van der Waals surface area contributed by atoms with Crippen LogP contribution in [-0.4, -0.2) is 34.3 Å². The first-order chi connectivity index (χ1) is 14.6. The van der Waals surface area contributed by atoms with E-state index in [4.69, 9.17) is 0 Å². The van der Waals surface area contributed by atoms with Crippen LogP contribution in [0.1, 0.15) is 41.3 Å². The summed E-state index contributed by atoms with van der Waals surface area (Å²) in [7, 11) is 0. The summed E-state index contributed by atoms with van der Waals surface area (Å²) in [6, 6.07) is 19.0. The summed E-state index contributed by atoms with van der Waals surface area (Å²) < 4.78 is 1.07. The van der Waals surface area contributed by atoms with E-state index < -0.39 is 0 Å². The monoisotopic (exact) mass is 460 g/mol. The number of nitrogens with one attached hydrogen (secondary N) is 2. The second-order valence-electron chi connectivity index (χ2n) is 7.00. The van der Waals surface area contributed by atoms with Gasteiger partial charge in [0.25, 0.3) is 0 Å². The number of carbonyl (C=O) groups is 1. The fraction of sp³-hybridized carbons (Fsp3) is 0.208. The molecule has 0 saturated heterocycles. The number of carbonyl (C=O) groups excluding carboxylic acids is 1. The molecule has 1 heterocycles. The second kappa shape index (κ2) is 10.7. The molecule has 3 aromatic rings. The van der Waals surface area contributed by atoms with Gasteiger partial charge in [-0.2, -0.15) is 0 Å². The molecule has 0 aliphatic rings. The Morgan fingerprint density at radius 1 is 1.17 bits per heavy atom. The molecule has 1 amide bonds. The Morgan fingerprint density at radius 3 is 2.63 bits per heavy atom. The molecule has 0 bridgehead atoms. The number of anilines is 1. The third-order valence-electron chi connectivity index (χ3n) is 4.73. The van der Waals surface area contributed by atoms with Gasteiger partial charge in [0.2, 0.25) is 0 Å². The molecule has 0 aliphatic carbocycles. The van der Waals surface area contributed by atoms with Crippen LogP contribution in [0.2, 0.25) is 0 Å². The fourth-order valence-corrected chi connectivity index (χ4v) is 3.63. The molecule has 2 N–H and O–H groups in total. The van der Waals surface area contributed by atoms with Gasteiger partial charge < -0.3 is 5.32 Å². The van der Waals surface area contributed by atoms with Crippen LogP contribution in [0.3, 0.4) is 0 Å². The summed E-state index contributed by atoms with van der Waals surface area (Å²) in [5.74, 6) is -0.159. The van der Waals surface area contributed by atoms with Crippen molar-refractivity contribution in [3.05, 3.63) is 77.5 Å². The van der Waals surface area contributed by atoms with Gasteiger partial charge in [-0.1, -0.05) is 13.3 Å². The molecule has 30 heavy (non-hydrogen) atoms. The molecule has 0 fully saturated rings. The van der Waals surface area contributed by atoms with Gasteiger partial charge >= 0.3 is 148 Å². The van der Waals surface area contributed by atoms with Crippen molar-refractivity contribution in [2.24, 2.45) is 0 Å². The van der Waals surface area contributed by atoms with Crippen LogP contribution in [0.15, 0.2) is 60.8 Å². The Morgan fingerprint density at radius 2 is 1.93 bits per heavy atom. The summed E-state index contributed by atoms with van der Waals surface area (Å²) in [6.45, 7) is 3.80. The number of nitriles is 1. The number of para-hydroxylation sites is 1. The molecular formula is C24H25AsN4O. The van der Waals surface area contributed by atoms with E-state index >= 15 is 0 Å². The molecular weight excluding hydrogens is 435 g/mol. The topological polar surface area (TPSA) is 77.8 Å². The van der Waals surface area contributed by atoms with Gasteiger partial charge in [0.1, 0.15) is 0 Å². The van der Waals surface area contributed by atoms with E-state index in [1.807, 2.05) is 42.5 Å². The summed E-state index contributed by atoms with van der Waals surface area (Å²) in [5, 5.41) is 15.9. The van der Waals surface area contributed by atoms with Crippen LogP contribution in [0, 0.1) is 11.3 Å². The number of nitrogens with zero attached hydrogens (tertiary/aromatic N) is 2. The summed E-state index contributed by atoms with van der Waals surface area (Å²) in [4.78, 5) is 17.1. The molecule has 5 nitrogen and oxygen atoms in total. The normalized spacial score (nSPS) is 10.4. The Kier molecular flexibility index (Phi) is 7.79. The van der Waals surface area contributed by atoms with Gasteiger partial charge in [0, 0.05) is 6.54 Å². The average Bonchev–Trinajstić information content (AvgIpc) is 2.78. The number of aromatic nitrogens is 1. The zero-order chi connectivity index (χ0) is 21.3. The first kappa shape index (κ1) is 21.8. The maximum absolute atomic E-state index is 12.5. The Labute approximate surface area is 186 Å². The molecule has 1 atom stereocenters. The number of hydrogen-bond donors (Lipinski definition) is 2. The van der Waals surface area contributed by atoms with E-state index in [1.165, 1.54) is 16.9 Å². The third-order valence-corrected chi connectivity index (χ3v) is 5.79. The Balaban J connectivity index is 1.73. The molecule has 0 aliphatic heterocycles. The van der Waals surface area contributed by atoms with Crippen molar-refractivity contribution in [1.29, 1.82) is 5.26 Å². The van der Waals surface area contributed by atoms with Crippen molar-refractivity contribution < 1.29 is 4.79 Å². The van der Waals surface area contributed by atoms with Gasteiger partial charge in [-0.25, -0.2) is 0 Å². The number of amides is 1. The summed E-state index contributed by atoms with van der Waals surface area (Å²) in [6.07, 6.45) is 4.07. The summed E-state index contributed by atoms with van der Waals surface area (Å²) >= 11 is 1.46. The van der Waals surface area contributed by atoms with Crippen molar-refractivity contribution in [3.8, 4) is 17.3 Å². The van der Waals surface area contributed by atoms with Crippen LogP contribution in [0.5, 0.6) is 0 Å². The van der Waals surface area contributed by atoms with Crippen molar-refractivity contribution in [2.75, 3.05) is 11.9 Å². The molecule has 3 rings (SSSR count). The fourth-order valence-electron chi connectivity index (χ4n) is 3.04. The van der Waals surface area contributed by atoms with Crippen LogP contribution in [-0.2, 0) is 6.54 Å². The molecule has 1 unspecified atom stereocenters. The number of rotatable bonds is 8. The maximum atomic E-state index is 12.5. The van der Waals surface area contributed by atoms with Crippen LogP contribution in [0.4, 0.5) is 5.69 Å². The van der Waals surface area contributed by atoms with Crippen LogP contribution in [0.25, 0.3) is 11.3 Å². The van der Waals surface area contributed by atoms with Gasteiger partial charge in [-0.15, -0.1) is 0 Å². The number of unbranched alkanes of at least 4 members (excludes halogenated alkanes) is 1. The zero-order valence-electron chi connectivity index (χ0n) is 17.0. The number of pyridine rings is 1. The molecule has 0 spiro atoms. The van der Waals surface area contributed by atoms with Crippen molar-refractivity contribution in [2.45, 2.75) is 26.3 Å². The SMILES string of the molecule is CCCCNCc1cnc(-c2ccc(C(=O)Nc3ccccc3[AsH2])cc2)c(C#N)c1. The molecule has 1 aromatic heterocycles. The van der Waals surface area contributed by atoms with Crippen molar-refractivity contribution >= 4 is 32.8 Å². The molecule has 6 heteroatoms. The average molecular weight is 460 g/mol. The molecule has 0 radical (unpaired) electrons. The molecule has 152 valence electrons. The van der Waals surface area contributed by atoms with E-state index in [1.54, 1.807) is 18.3 Å². The van der Waals surface area contributed by atoms with Gasteiger partial charge in [-0.3, -0.25) is 0 Å². The van der Waals surface area contributed by atoms with Crippen LogP contribution >= 0.6 is 0 Å². The van der Waals surface area contributed by atoms with Gasteiger partial charge in [0.15, 0.2) is 0 Å². The predicted octanol–water partition coefficient (Wildman–Crippen LogP) is 3.02. The van der Waals surface area contributed by atoms with Crippen molar-refractivity contribution in [1.82, 2.24) is 10.3 Å². The van der Waals surface area contributed by atoms with E-state index in [0.717, 1.165) is 40.6 Å². The Hall–Kier alpha value is -2.93. The molecule has 0 saturated carbocycles. The van der Waals surface area contributed by atoms with E-state index in [9.17, 15) is 10.1 Å². The first-order valence-electron chi connectivity index (χ1n) is 9.98. The van der Waals surface area contributed by atoms with E-state index in [2.05, 4.69) is 28.6 Å². The van der Waals surface area contributed by atoms with Crippen LogP contribution < -0.4 is 15.0 Å². The predicted molar refractivity (Wildman–Crippen MR) is 124 cm³/mol. The minimum atomic E-state index is -0.159.